The molecule has 4 heteroatoms. The number of hydrogen-bond acceptors (Lipinski definition) is 2. The zero-order valence-corrected chi connectivity index (χ0v) is 9.18. The lowest BCUT2D eigenvalue weighted by atomic mass is 10.1. The number of carbonyl (C=O) groups is 1. The first-order chi connectivity index (χ1) is 7.72. The zero-order valence-electron chi connectivity index (χ0n) is 9.18. The van der Waals surface area contributed by atoms with Crippen molar-refractivity contribution >= 4 is 11.7 Å². The molecule has 0 saturated carbocycles. The van der Waals surface area contributed by atoms with Crippen LogP contribution in [0.5, 0.6) is 0 Å². The number of nitrogens with zero attached hydrogens (tertiary/aromatic N) is 3. The van der Waals surface area contributed by atoms with Crippen LogP contribution in [0.25, 0.3) is 0 Å². The summed E-state index contributed by atoms with van der Waals surface area (Å²) in [4.78, 5) is 15.2. The van der Waals surface area contributed by atoms with Crippen molar-refractivity contribution in [3.8, 4) is 6.07 Å². The molecule has 0 spiro atoms. The van der Waals surface area contributed by atoms with Gasteiger partial charge in [-0.15, -0.1) is 0 Å². The van der Waals surface area contributed by atoms with Crippen molar-refractivity contribution in [3.63, 3.8) is 0 Å². The molecule has 82 valence electrons. The van der Waals surface area contributed by atoms with E-state index in [4.69, 9.17) is 5.26 Å². The highest BCUT2D eigenvalue weighted by Gasteiger charge is 2.26. The van der Waals surface area contributed by atoms with E-state index in [1.165, 1.54) is 0 Å². The molecule has 0 radical (unpaired) electrons. The summed E-state index contributed by atoms with van der Waals surface area (Å²) < 4.78 is 0. The number of amides is 2. The molecule has 0 bridgehead atoms. The number of anilines is 1. The molecule has 0 aliphatic carbocycles. The summed E-state index contributed by atoms with van der Waals surface area (Å²) in [6.45, 7) is 1.49. The second-order valence-corrected chi connectivity index (χ2v) is 3.86. The largest absolute Gasteiger partial charge is 0.326 e. The van der Waals surface area contributed by atoms with Gasteiger partial charge in [0.15, 0.2) is 0 Å². The molecule has 2 amide bonds. The minimum atomic E-state index is 0.0352. The first-order valence-corrected chi connectivity index (χ1v) is 5.21. The summed E-state index contributed by atoms with van der Waals surface area (Å²) in [7, 11) is 1.80. The summed E-state index contributed by atoms with van der Waals surface area (Å²) in [6, 6.07) is 9.71. The van der Waals surface area contributed by atoms with Gasteiger partial charge in [0.1, 0.15) is 0 Å². The molecule has 1 heterocycles. The van der Waals surface area contributed by atoms with Crippen molar-refractivity contribution in [3.05, 3.63) is 29.8 Å². The van der Waals surface area contributed by atoms with Gasteiger partial charge in [-0.25, -0.2) is 4.79 Å². The Morgan fingerprint density at radius 2 is 2.00 bits per heavy atom. The summed E-state index contributed by atoms with van der Waals surface area (Å²) in [5.74, 6) is 0. The third-order valence-electron chi connectivity index (χ3n) is 2.75. The minimum Gasteiger partial charge on any atom is -0.326 e. The molecule has 1 aromatic rings. The Morgan fingerprint density at radius 1 is 1.31 bits per heavy atom. The van der Waals surface area contributed by atoms with Crippen LogP contribution in [0, 0.1) is 11.3 Å². The molecular weight excluding hydrogens is 202 g/mol. The molecule has 1 fully saturated rings. The summed E-state index contributed by atoms with van der Waals surface area (Å²) in [5.41, 5.74) is 1.88. The molecule has 1 aromatic carbocycles. The van der Waals surface area contributed by atoms with Crippen LogP contribution < -0.4 is 4.90 Å². The Kier molecular flexibility index (Phi) is 2.78. The van der Waals surface area contributed by atoms with Gasteiger partial charge in [0.2, 0.25) is 0 Å². The van der Waals surface area contributed by atoms with Gasteiger partial charge in [-0.3, -0.25) is 4.90 Å². The maximum absolute atomic E-state index is 11.7. The van der Waals surface area contributed by atoms with Crippen LogP contribution in [-0.2, 0) is 6.42 Å². The highest BCUT2D eigenvalue weighted by Crippen LogP contribution is 2.19. The Morgan fingerprint density at radius 3 is 2.50 bits per heavy atom. The van der Waals surface area contributed by atoms with Crippen LogP contribution in [0.4, 0.5) is 10.5 Å². The monoisotopic (exact) mass is 215 g/mol. The Labute approximate surface area is 94.7 Å². The minimum absolute atomic E-state index is 0.0352. The molecule has 1 aliphatic heterocycles. The molecule has 0 unspecified atom stereocenters. The van der Waals surface area contributed by atoms with E-state index in [9.17, 15) is 4.79 Å². The fraction of sp³-hybridized carbons (Fsp3) is 0.333. The zero-order chi connectivity index (χ0) is 11.5. The van der Waals surface area contributed by atoms with Gasteiger partial charge >= 0.3 is 6.03 Å². The summed E-state index contributed by atoms with van der Waals surface area (Å²) >= 11 is 0. The highest BCUT2D eigenvalue weighted by atomic mass is 16.2. The Hall–Kier alpha value is -2.02. The smallest absolute Gasteiger partial charge is 0.324 e. The van der Waals surface area contributed by atoms with Gasteiger partial charge in [-0.1, -0.05) is 12.1 Å². The predicted octanol–water partition coefficient (Wildman–Crippen LogP) is 1.62. The number of hydrogen-bond donors (Lipinski definition) is 0. The molecule has 1 saturated heterocycles. The first-order valence-electron chi connectivity index (χ1n) is 5.21. The lowest BCUT2D eigenvalue weighted by Gasteiger charge is -2.16. The number of rotatable bonds is 2. The fourth-order valence-electron chi connectivity index (χ4n) is 1.77. The topological polar surface area (TPSA) is 47.3 Å². The van der Waals surface area contributed by atoms with E-state index in [1.807, 2.05) is 24.3 Å². The standard InChI is InChI=1S/C12H13N3O/c1-14-8-9-15(12(14)16)11-4-2-10(3-5-11)6-7-13/h2-5H,6,8-9H2,1H3. The van der Waals surface area contributed by atoms with Crippen molar-refractivity contribution in [1.82, 2.24) is 4.90 Å². The van der Waals surface area contributed by atoms with E-state index in [2.05, 4.69) is 6.07 Å². The molecule has 0 atom stereocenters. The van der Waals surface area contributed by atoms with Gasteiger partial charge in [-0.05, 0) is 17.7 Å². The van der Waals surface area contributed by atoms with Crippen molar-refractivity contribution in [2.75, 3.05) is 25.0 Å². The van der Waals surface area contributed by atoms with Crippen LogP contribution in [0.1, 0.15) is 5.56 Å². The van der Waals surface area contributed by atoms with Gasteiger partial charge in [-0.2, -0.15) is 5.26 Å². The van der Waals surface area contributed by atoms with E-state index in [-0.39, 0.29) is 6.03 Å². The van der Waals surface area contributed by atoms with Gasteiger partial charge < -0.3 is 4.90 Å². The predicted molar refractivity (Wildman–Crippen MR) is 61.1 cm³/mol. The van der Waals surface area contributed by atoms with E-state index >= 15 is 0 Å². The van der Waals surface area contributed by atoms with Crippen molar-refractivity contribution in [1.29, 1.82) is 5.26 Å². The van der Waals surface area contributed by atoms with Gasteiger partial charge in [0.25, 0.3) is 0 Å². The average Bonchev–Trinajstić information content (AvgIpc) is 2.62. The maximum atomic E-state index is 11.7. The summed E-state index contributed by atoms with van der Waals surface area (Å²) in [6.07, 6.45) is 0.411. The van der Waals surface area contributed by atoms with Crippen LogP contribution >= 0.6 is 0 Å². The fourth-order valence-corrected chi connectivity index (χ4v) is 1.77. The van der Waals surface area contributed by atoms with E-state index < -0.39 is 0 Å². The van der Waals surface area contributed by atoms with Gasteiger partial charge in [0, 0.05) is 25.8 Å². The maximum Gasteiger partial charge on any atom is 0.324 e. The van der Waals surface area contributed by atoms with E-state index in [0.717, 1.165) is 24.3 Å². The molecule has 1 aliphatic rings. The highest BCUT2D eigenvalue weighted by molar-refractivity contribution is 5.93. The number of urea groups is 1. The number of carbonyl (C=O) groups excluding carboxylic acids is 1. The molecular formula is C12H13N3O. The normalized spacial score (nSPS) is 15.4. The number of nitriles is 1. The molecule has 4 nitrogen and oxygen atoms in total. The quantitative estimate of drug-likeness (QED) is 0.752. The lowest BCUT2D eigenvalue weighted by molar-refractivity contribution is 0.229. The second kappa shape index (κ2) is 4.23. The lowest BCUT2D eigenvalue weighted by Crippen LogP contribution is -2.29. The first kappa shape index (κ1) is 10.5. The molecule has 0 aromatic heterocycles. The van der Waals surface area contributed by atoms with Crippen molar-refractivity contribution < 1.29 is 4.79 Å². The second-order valence-electron chi connectivity index (χ2n) is 3.86. The molecule has 16 heavy (non-hydrogen) atoms. The van der Waals surface area contributed by atoms with Crippen LogP contribution in [-0.4, -0.2) is 31.1 Å². The van der Waals surface area contributed by atoms with Gasteiger partial charge in [0.05, 0.1) is 12.5 Å². The molecule has 0 N–H and O–H groups in total. The Bertz CT molecular complexity index is 433. The van der Waals surface area contributed by atoms with E-state index in [0.29, 0.717) is 6.42 Å². The number of likely N-dealkylation sites (N-methyl/N-ethyl adjacent to an activating group) is 1. The van der Waals surface area contributed by atoms with E-state index in [1.54, 1.807) is 16.8 Å². The van der Waals surface area contributed by atoms with Crippen LogP contribution in [0.3, 0.4) is 0 Å². The van der Waals surface area contributed by atoms with Crippen molar-refractivity contribution in [2.45, 2.75) is 6.42 Å². The third-order valence-corrected chi connectivity index (χ3v) is 2.75. The SMILES string of the molecule is CN1CCN(c2ccc(CC#N)cc2)C1=O. The van der Waals surface area contributed by atoms with Crippen LogP contribution in [0.15, 0.2) is 24.3 Å². The van der Waals surface area contributed by atoms with Crippen LogP contribution in [0.2, 0.25) is 0 Å². The number of benzene rings is 1. The Balaban J connectivity index is 2.17. The average molecular weight is 215 g/mol. The molecule has 2 rings (SSSR count). The summed E-state index contributed by atoms with van der Waals surface area (Å²) in [5, 5.41) is 8.56. The van der Waals surface area contributed by atoms with Crippen molar-refractivity contribution in [2.24, 2.45) is 0 Å². The third kappa shape index (κ3) is 1.84.